The molecule has 2 heterocycles. The van der Waals surface area contributed by atoms with Crippen LogP contribution in [0.5, 0.6) is 0 Å². The second-order valence-corrected chi connectivity index (χ2v) is 7.20. The Morgan fingerprint density at radius 1 is 1.50 bits per heavy atom. The van der Waals surface area contributed by atoms with Crippen molar-refractivity contribution in [2.24, 2.45) is 11.3 Å². The van der Waals surface area contributed by atoms with E-state index in [1.54, 1.807) is 7.11 Å². The zero-order valence-corrected chi connectivity index (χ0v) is 13.1. The molecule has 1 saturated carbocycles. The molecule has 4 heteroatoms. The molecule has 1 aliphatic carbocycles. The number of methoxy groups -OCH3 is 1. The van der Waals surface area contributed by atoms with E-state index in [0.29, 0.717) is 11.5 Å². The first-order valence-corrected chi connectivity index (χ1v) is 8.56. The normalized spacial score (nSPS) is 29.9. The Bertz CT molecular complexity index is 405. The average Bonchev–Trinajstić information content (AvgIpc) is 3.01. The van der Waals surface area contributed by atoms with Gasteiger partial charge in [0.2, 0.25) is 0 Å². The Morgan fingerprint density at radius 3 is 3.10 bits per heavy atom. The van der Waals surface area contributed by atoms with E-state index in [1.807, 2.05) is 11.3 Å². The molecular weight excluding hydrogens is 270 g/mol. The maximum Gasteiger partial charge on any atom is 0.0675 e. The summed E-state index contributed by atoms with van der Waals surface area (Å²) in [6, 6.07) is 4.43. The number of nitrogens with one attached hydrogen (secondary N) is 1. The van der Waals surface area contributed by atoms with Gasteiger partial charge >= 0.3 is 0 Å². The maximum absolute atomic E-state index is 6.13. The summed E-state index contributed by atoms with van der Waals surface area (Å²) >= 11 is 1.88. The number of hydrogen-bond acceptors (Lipinski definition) is 4. The van der Waals surface area contributed by atoms with E-state index < -0.39 is 0 Å². The zero-order chi connectivity index (χ0) is 13.8. The van der Waals surface area contributed by atoms with Gasteiger partial charge < -0.3 is 14.8 Å². The maximum atomic E-state index is 6.13. The second kappa shape index (κ2) is 6.56. The summed E-state index contributed by atoms with van der Waals surface area (Å²) in [4.78, 5) is 1.50. The molecule has 0 bridgehead atoms. The molecule has 2 fully saturated rings. The fourth-order valence-corrected chi connectivity index (χ4v) is 4.32. The van der Waals surface area contributed by atoms with Crippen LogP contribution in [0.25, 0.3) is 0 Å². The molecule has 2 atom stereocenters. The van der Waals surface area contributed by atoms with Crippen LogP contribution >= 0.6 is 11.3 Å². The van der Waals surface area contributed by atoms with E-state index in [2.05, 4.69) is 22.8 Å². The third kappa shape index (κ3) is 3.25. The predicted molar refractivity (Wildman–Crippen MR) is 82.3 cm³/mol. The number of rotatable bonds is 8. The third-order valence-electron chi connectivity index (χ3n) is 4.62. The van der Waals surface area contributed by atoms with Gasteiger partial charge in [-0.3, -0.25) is 0 Å². The molecule has 3 rings (SSSR count). The van der Waals surface area contributed by atoms with E-state index in [9.17, 15) is 0 Å². The van der Waals surface area contributed by atoms with Crippen molar-refractivity contribution in [2.45, 2.75) is 31.8 Å². The molecule has 1 aromatic heterocycles. The number of thiophene rings is 1. The van der Waals surface area contributed by atoms with Gasteiger partial charge in [0.05, 0.1) is 12.7 Å². The molecule has 0 amide bonds. The largest absolute Gasteiger partial charge is 0.383 e. The van der Waals surface area contributed by atoms with Crippen LogP contribution in [0.1, 0.15) is 24.1 Å². The second-order valence-electron chi connectivity index (χ2n) is 6.17. The van der Waals surface area contributed by atoms with Gasteiger partial charge in [0, 0.05) is 37.1 Å². The molecule has 20 heavy (non-hydrogen) atoms. The van der Waals surface area contributed by atoms with Crippen molar-refractivity contribution in [3.63, 3.8) is 0 Å². The van der Waals surface area contributed by atoms with Crippen LogP contribution in [0.4, 0.5) is 0 Å². The average molecular weight is 295 g/mol. The first-order chi connectivity index (χ1) is 9.84. The van der Waals surface area contributed by atoms with Gasteiger partial charge in [-0.1, -0.05) is 6.07 Å². The summed E-state index contributed by atoms with van der Waals surface area (Å²) in [6.07, 6.45) is 5.52. The minimum absolute atomic E-state index is 0.291. The Morgan fingerprint density at radius 2 is 2.40 bits per heavy atom. The molecule has 0 aromatic carbocycles. The Hall–Kier alpha value is -0.420. The third-order valence-corrected chi connectivity index (χ3v) is 5.49. The van der Waals surface area contributed by atoms with Gasteiger partial charge in [0.1, 0.15) is 0 Å². The minimum atomic E-state index is 0.291. The van der Waals surface area contributed by atoms with Crippen molar-refractivity contribution in [2.75, 3.05) is 33.4 Å². The molecule has 0 radical (unpaired) electrons. The van der Waals surface area contributed by atoms with Gasteiger partial charge in [0.15, 0.2) is 0 Å². The quantitative estimate of drug-likeness (QED) is 0.748. The van der Waals surface area contributed by atoms with Gasteiger partial charge in [-0.2, -0.15) is 0 Å². The lowest BCUT2D eigenvalue weighted by Crippen LogP contribution is -2.44. The summed E-state index contributed by atoms with van der Waals surface area (Å²) in [7, 11) is 1.76. The van der Waals surface area contributed by atoms with E-state index in [1.165, 1.54) is 24.1 Å². The fourth-order valence-electron chi connectivity index (χ4n) is 3.46. The fraction of sp³-hybridized carbons (Fsp3) is 0.750. The summed E-state index contributed by atoms with van der Waals surface area (Å²) in [5, 5.41) is 5.78. The molecule has 0 spiro atoms. The monoisotopic (exact) mass is 295 g/mol. The molecule has 2 aliphatic rings. The van der Waals surface area contributed by atoms with Crippen molar-refractivity contribution >= 4 is 11.3 Å². The summed E-state index contributed by atoms with van der Waals surface area (Å²) < 4.78 is 11.3. The highest BCUT2D eigenvalue weighted by atomic mass is 32.1. The predicted octanol–water partition coefficient (Wildman–Crippen LogP) is 2.71. The SMILES string of the molecule is COCCNCC1(Cc2cccs2)CCOC1C1CC1. The lowest BCUT2D eigenvalue weighted by molar-refractivity contribution is 0.0303. The Labute approximate surface area is 125 Å². The van der Waals surface area contributed by atoms with Gasteiger partial charge in [-0.25, -0.2) is 0 Å². The lowest BCUT2D eigenvalue weighted by atomic mass is 9.75. The van der Waals surface area contributed by atoms with Crippen LogP contribution in [0.15, 0.2) is 17.5 Å². The summed E-state index contributed by atoms with van der Waals surface area (Å²) in [6.45, 7) is 3.69. The van der Waals surface area contributed by atoms with Crippen molar-refractivity contribution in [3.8, 4) is 0 Å². The standard InChI is InChI=1S/C16H25NO2S/c1-18-9-7-17-12-16(11-14-3-2-10-20-14)6-8-19-15(16)13-4-5-13/h2-3,10,13,15,17H,4-9,11-12H2,1H3. The van der Waals surface area contributed by atoms with E-state index in [0.717, 1.165) is 38.6 Å². The Balaban J connectivity index is 1.68. The van der Waals surface area contributed by atoms with Crippen LogP contribution < -0.4 is 5.32 Å². The van der Waals surface area contributed by atoms with Crippen LogP contribution in [-0.4, -0.2) is 39.5 Å². The molecule has 1 aliphatic heterocycles. The molecular formula is C16H25NO2S. The topological polar surface area (TPSA) is 30.5 Å². The number of hydrogen-bond donors (Lipinski definition) is 1. The molecule has 1 N–H and O–H groups in total. The van der Waals surface area contributed by atoms with Crippen molar-refractivity contribution in [1.82, 2.24) is 5.32 Å². The highest BCUT2D eigenvalue weighted by Gasteiger charge is 2.50. The van der Waals surface area contributed by atoms with Crippen LogP contribution in [0.2, 0.25) is 0 Å². The van der Waals surface area contributed by atoms with Crippen LogP contribution in [-0.2, 0) is 15.9 Å². The molecule has 3 nitrogen and oxygen atoms in total. The molecule has 1 saturated heterocycles. The van der Waals surface area contributed by atoms with Crippen molar-refractivity contribution in [1.29, 1.82) is 0 Å². The molecule has 1 aromatic rings. The van der Waals surface area contributed by atoms with E-state index >= 15 is 0 Å². The smallest absolute Gasteiger partial charge is 0.0675 e. The van der Waals surface area contributed by atoms with E-state index in [-0.39, 0.29) is 0 Å². The van der Waals surface area contributed by atoms with E-state index in [4.69, 9.17) is 9.47 Å². The molecule has 2 unspecified atom stereocenters. The summed E-state index contributed by atoms with van der Waals surface area (Å²) in [5.41, 5.74) is 0.291. The summed E-state index contributed by atoms with van der Waals surface area (Å²) in [5.74, 6) is 0.807. The highest BCUT2D eigenvalue weighted by molar-refractivity contribution is 7.09. The highest BCUT2D eigenvalue weighted by Crippen LogP contribution is 2.49. The van der Waals surface area contributed by atoms with Crippen molar-refractivity contribution < 1.29 is 9.47 Å². The molecule has 112 valence electrons. The van der Waals surface area contributed by atoms with Gasteiger partial charge in [-0.15, -0.1) is 11.3 Å². The van der Waals surface area contributed by atoms with Crippen LogP contribution in [0.3, 0.4) is 0 Å². The van der Waals surface area contributed by atoms with Crippen LogP contribution in [0, 0.1) is 11.3 Å². The first-order valence-electron chi connectivity index (χ1n) is 7.68. The minimum Gasteiger partial charge on any atom is -0.383 e. The Kier molecular flexibility index (Phi) is 4.76. The zero-order valence-electron chi connectivity index (χ0n) is 12.3. The first kappa shape index (κ1) is 14.5. The number of ether oxygens (including phenoxy) is 2. The lowest BCUT2D eigenvalue weighted by Gasteiger charge is -2.34. The van der Waals surface area contributed by atoms with Crippen molar-refractivity contribution in [3.05, 3.63) is 22.4 Å². The van der Waals surface area contributed by atoms with Gasteiger partial charge in [0.25, 0.3) is 0 Å². The van der Waals surface area contributed by atoms with Gasteiger partial charge in [-0.05, 0) is 43.0 Å².